The van der Waals surface area contributed by atoms with Crippen molar-refractivity contribution in [1.82, 2.24) is 5.32 Å². The molecule has 4 N–H and O–H groups in total. The number of nitrogens with one attached hydrogen (secondary N) is 1. The molecular weight excluding hydrogens is 251 g/mol. The Hall–Kier alpha value is -0.810. The zero-order valence-electron chi connectivity index (χ0n) is 8.52. The van der Waals surface area contributed by atoms with E-state index in [4.69, 9.17) is 17.3 Å². The van der Waals surface area contributed by atoms with Gasteiger partial charge in [0.05, 0.1) is 12.6 Å². The van der Waals surface area contributed by atoms with Crippen molar-refractivity contribution < 1.29 is 9.90 Å². The molecule has 0 aliphatic heterocycles. The van der Waals surface area contributed by atoms with Crippen LogP contribution in [0.25, 0.3) is 0 Å². The molecule has 0 fully saturated rings. The van der Waals surface area contributed by atoms with Crippen LogP contribution in [0.2, 0.25) is 5.02 Å². The molecule has 0 saturated carbocycles. The van der Waals surface area contributed by atoms with Crippen molar-refractivity contribution >= 4 is 29.9 Å². The molecule has 1 aromatic rings. The van der Waals surface area contributed by atoms with Gasteiger partial charge in [-0.1, -0.05) is 23.7 Å². The smallest absolute Gasteiger partial charge is 0.233 e. The van der Waals surface area contributed by atoms with E-state index in [9.17, 15) is 9.90 Å². The standard InChI is InChI=1S/C10H13ClN2O2.ClH/c11-8-3-1-7(2-4-8)9(14)6-13-10(15)5-12;/h1-4,9,14H,5-6,12H2,(H,13,15);1H. The SMILES string of the molecule is Cl.NCC(=O)NCC(O)c1ccc(Cl)cc1. The fourth-order valence-corrected chi connectivity index (χ4v) is 1.21. The van der Waals surface area contributed by atoms with Gasteiger partial charge in [0.2, 0.25) is 5.91 Å². The topological polar surface area (TPSA) is 75.4 Å². The Morgan fingerprint density at radius 2 is 2.00 bits per heavy atom. The van der Waals surface area contributed by atoms with E-state index in [0.717, 1.165) is 0 Å². The Kier molecular flexibility index (Phi) is 7.08. The maximum absolute atomic E-state index is 10.8. The summed E-state index contributed by atoms with van der Waals surface area (Å²) in [6.07, 6.45) is -0.738. The van der Waals surface area contributed by atoms with Gasteiger partial charge in [-0.05, 0) is 17.7 Å². The van der Waals surface area contributed by atoms with Crippen molar-refractivity contribution in [1.29, 1.82) is 0 Å². The maximum atomic E-state index is 10.8. The first kappa shape index (κ1) is 15.2. The molecule has 1 atom stereocenters. The highest BCUT2D eigenvalue weighted by Gasteiger charge is 2.08. The highest BCUT2D eigenvalue weighted by molar-refractivity contribution is 6.30. The van der Waals surface area contributed by atoms with Gasteiger partial charge in [-0.25, -0.2) is 0 Å². The second kappa shape index (κ2) is 7.46. The highest BCUT2D eigenvalue weighted by atomic mass is 35.5. The number of carbonyl (C=O) groups is 1. The Labute approximate surface area is 105 Å². The van der Waals surface area contributed by atoms with Gasteiger partial charge >= 0.3 is 0 Å². The number of carbonyl (C=O) groups excluding carboxylic acids is 1. The predicted molar refractivity (Wildman–Crippen MR) is 65.7 cm³/mol. The van der Waals surface area contributed by atoms with Crippen LogP contribution in [0.4, 0.5) is 0 Å². The molecule has 0 spiro atoms. The van der Waals surface area contributed by atoms with Gasteiger partial charge in [0.25, 0.3) is 0 Å². The van der Waals surface area contributed by atoms with Crippen molar-refractivity contribution in [2.24, 2.45) is 5.73 Å². The van der Waals surface area contributed by atoms with Crippen molar-refractivity contribution in [3.05, 3.63) is 34.9 Å². The number of hydrogen-bond acceptors (Lipinski definition) is 3. The number of rotatable bonds is 4. The van der Waals surface area contributed by atoms with Crippen LogP contribution in [-0.4, -0.2) is 24.1 Å². The summed E-state index contributed by atoms with van der Waals surface area (Å²) in [7, 11) is 0. The Morgan fingerprint density at radius 1 is 1.44 bits per heavy atom. The van der Waals surface area contributed by atoms with Crippen molar-refractivity contribution in [3.63, 3.8) is 0 Å². The number of amides is 1. The molecule has 1 unspecified atom stereocenters. The first-order valence-corrected chi connectivity index (χ1v) is 4.91. The van der Waals surface area contributed by atoms with Gasteiger partial charge in [-0.3, -0.25) is 4.79 Å². The maximum Gasteiger partial charge on any atom is 0.233 e. The third-order valence-corrected chi connectivity index (χ3v) is 2.18. The number of benzene rings is 1. The minimum atomic E-state index is -0.738. The Balaban J connectivity index is 0.00000225. The van der Waals surface area contributed by atoms with Crippen molar-refractivity contribution in [3.8, 4) is 0 Å². The minimum absolute atomic E-state index is 0. The molecule has 0 heterocycles. The molecule has 0 saturated heterocycles. The monoisotopic (exact) mass is 264 g/mol. The molecule has 0 aliphatic carbocycles. The summed E-state index contributed by atoms with van der Waals surface area (Å²) in [5.41, 5.74) is 5.81. The number of halogens is 2. The predicted octanol–water partition coefficient (Wildman–Crippen LogP) is 0.870. The number of aliphatic hydroxyl groups excluding tert-OH is 1. The van der Waals surface area contributed by atoms with Crippen LogP contribution in [0.3, 0.4) is 0 Å². The first-order chi connectivity index (χ1) is 7.13. The number of aliphatic hydroxyl groups is 1. The quantitative estimate of drug-likeness (QED) is 0.756. The zero-order chi connectivity index (χ0) is 11.3. The van der Waals surface area contributed by atoms with E-state index >= 15 is 0 Å². The van der Waals surface area contributed by atoms with Crippen LogP contribution in [0, 0.1) is 0 Å². The van der Waals surface area contributed by atoms with Crippen LogP contribution >= 0.6 is 24.0 Å². The van der Waals surface area contributed by atoms with E-state index in [-0.39, 0.29) is 31.4 Å². The number of hydrogen-bond donors (Lipinski definition) is 3. The second-order valence-electron chi connectivity index (χ2n) is 3.08. The lowest BCUT2D eigenvalue weighted by Crippen LogP contribution is -2.33. The van der Waals surface area contributed by atoms with Crippen molar-refractivity contribution in [2.75, 3.05) is 13.1 Å². The highest BCUT2D eigenvalue weighted by Crippen LogP contribution is 2.15. The van der Waals surface area contributed by atoms with Gasteiger partial charge in [0.15, 0.2) is 0 Å². The van der Waals surface area contributed by atoms with Gasteiger partial charge in [-0.15, -0.1) is 12.4 Å². The van der Waals surface area contributed by atoms with E-state index in [0.29, 0.717) is 10.6 Å². The lowest BCUT2D eigenvalue weighted by atomic mass is 10.1. The molecule has 6 heteroatoms. The Morgan fingerprint density at radius 3 is 2.50 bits per heavy atom. The van der Waals surface area contributed by atoms with E-state index in [2.05, 4.69) is 5.32 Å². The summed E-state index contributed by atoms with van der Waals surface area (Å²) in [4.78, 5) is 10.8. The van der Waals surface area contributed by atoms with Crippen LogP contribution in [-0.2, 0) is 4.79 Å². The van der Waals surface area contributed by atoms with Crippen LogP contribution < -0.4 is 11.1 Å². The third-order valence-electron chi connectivity index (χ3n) is 1.93. The molecule has 16 heavy (non-hydrogen) atoms. The lowest BCUT2D eigenvalue weighted by molar-refractivity contribution is -0.120. The fourth-order valence-electron chi connectivity index (χ4n) is 1.09. The summed E-state index contributed by atoms with van der Waals surface area (Å²) < 4.78 is 0. The molecule has 0 radical (unpaired) electrons. The molecule has 1 rings (SSSR count). The summed E-state index contributed by atoms with van der Waals surface area (Å²) in [5.74, 6) is -0.289. The lowest BCUT2D eigenvalue weighted by Gasteiger charge is -2.11. The van der Waals surface area contributed by atoms with E-state index < -0.39 is 6.10 Å². The molecule has 4 nitrogen and oxygen atoms in total. The zero-order valence-corrected chi connectivity index (χ0v) is 10.1. The second-order valence-corrected chi connectivity index (χ2v) is 3.51. The van der Waals surface area contributed by atoms with Crippen LogP contribution in [0.15, 0.2) is 24.3 Å². The third kappa shape index (κ3) is 4.81. The van der Waals surface area contributed by atoms with Crippen molar-refractivity contribution in [2.45, 2.75) is 6.10 Å². The van der Waals surface area contributed by atoms with E-state index in [1.54, 1.807) is 24.3 Å². The van der Waals surface area contributed by atoms with Gasteiger partial charge in [-0.2, -0.15) is 0 Å². The first-order valence-electron chi connectivity index (χ1n) is 4.53. The molecule has 1 aromatic carbocycles. The molecule has 0 aliphatic rings. The van der Waals surface area contributed by atoms with Crippen LogP contribution in [0.5, 0.6) is 0 Å². The summed E-state index contributed by atoms with van der Waals surface area (Å²) >= 11 is 5.70. The van der Waals surface area contributed by atoms with Crippen LogP contribution in [0.1, 0.15) is 11.7 Å². The fraction of sp³-hybridized carbons (Fsp3) is 0.300. The molecule has 1 amide bonds. The Bertz CT molecular complexity index is 330. The minimum Gasteiger partial charge on any atom is -0.387 e. The average molecular weight is 265 g/mol. The molecule has 0 aromatic heterocycles. The molecule has 90 valence electrons. The largest absolute Gasteiger partial charge is 0.387 e. The summed E-state index contributed by atoms with van der Waals surface area (Å²) in [6, 6.07) is 6.79. The van der Waals surface area contributed by atoms with Gasteiger partial charge < -0.3 is 16.2 Å². The molecular formula is C10H14Cl2N2O2. The number of nitrogens with two attached hydrogens (primary N) is 1. The summed E-state index contributed by atoms with van der Waals surface area (Å²) in [5, 5.41) is 12.8. The van der Waals surface area contributed by atoms with Gasteiger partial charge in [0.1, 0.15) is 0 Å². The molecule has 0 bridgehead atoms. The average Bonchev–Trinajstić information content (AvgIpc) is 2.26. The van der Waals surface area contributed by atoms with Gasteiger partial charge in [0, 0.05) is 11.6 Å². The van der Waals surface area contributed by atoms with E-state index in [1.165, 1.54) is 0 Å². The van der Waals surface area contributed by atoms with E-state index in [1.807, 2.05) is 0 Å². The summed E-state index contributed by atoms with van der Waals surface area (Å²) in [6.45, 7) is 0.0744. The normalized spacial score (nSPS) is 11.4.